The van der Waals surface area contributed by atoms with E-state index in [4.69, 9.17) is 28.3 Å². The molecular formula is C18H17Cl2N3O2S. The van der Waals surface area contributed by atoms with Gasteiger partial charge in [-0.05, 0) is 36.1 Å². The quantitative estimate of drug-likeness (QED) is 0.581. The SMILES string of the molecule is CN(CCCC(=O)O)c1cc(-n2cnc(-c3sccc3Cl)c2)ccc1Cl. The minimum absolute atomic E-state index is 0.133. The zero-order valence-corrected chi connectivity index (χ0v) is 16.4. The second-order valence-corrected chi connectivity index (χ2v) is 7.55. The van der Waals surface area contributed by atoms with E-state index in [9.17, 15) is 4.79 Å². The summed E-state index contributed by atoms with van der Waals surface area (Å²) in [6.45, 7) is 0.607. The van der Waals surface area contributed by atoms with Gasteiger partial charge in [-0.25, -0.2) is 4.98 Å². The van der Waals surface area contributed by atoms with Gasteiger partial charge in [-0.3, -0.25) is 4.79 Å². The van der Waals surface area contributed by atoms with Gasteiger partial charge in [0.25, 0.3) is 0 Å². The summed E-state index contributed by atoms with van der Waals surface area (Å²) in [6, 6.07) is 7.56. The smallest absolute Gasteiger partial charge is 0.303 e. The van der Waals surface area contributed by atoms with E-state index in [1.165, 1.54) is 0 Å². The molecule has 136 valence electrons. The summed E-state index contributed by atoms with van der Waals surface area (Å²) in [5.74, 6) is -0.795. The van der Waals surface area contributed by atoms with Gasteiger partial charge in [0.15, 0.2) is 0 Å². The van der Waals surface area contributed by atoms with Gasteiger partial charge >= 0.3 is 5.97 Å². The lowest BCUT2D eigenvalue weighted by atomic mass is 10.2. The second kappa shape index (κ2) is 8.12. The molecule has 8 heteroatoms. The molecule has 0 aliphatic heterocycles. The van der Waals surface area contributed by atoms with Crippen molar-refractivity contribution in [3.05, 3.63) is 52.2 Å². The lowest BCUT2D eigenvalue weighted by Gasteiger charge is -2.21. The van der Waals surface area contributed by atoms with Crippen LogP contribution in [0, 0.1) is 0 Å². The number of anilines is 1. The molecule has 3 rings (SSSR count). The fourth-order valence-corrected chi connectivity index (χ4v) is 3.98. The van der Waals surface area contributed by atoms with E-state index in [1.54, 1.807) is 17.7 Å². The lowest BCUT2D eigenvalue weighted by molar-refractivity contribution is -0.137. The van der Waals surface area contributed by atoms with E-state index in [-0.39, 0.29) is 6.42 Å². The maximum Gasteiger partial charge on any atom is 0.303 e. The van der Waals surface area contributed by atoms with E-state index in [2.05, 4.69) is 4.98 Å². The van der Waals surface area contributed by atoms with Crippen LogP contribution >= 0.6 is 34.5 Å². The molecule has 0 spiro atoms. The molecule has 0 aliphatic carbocycles. The average Bonchev–Trinajstić information content (AvgIpc) is 3.23. The first-order valence-corrected chi connectivity index (χ1v) is 9.59. The van der Waals surface area contributed by atoms with E-state index < -0.39 is 5.97 Å². The number of carboxylic acid groups (broad SMARTS) is 1. The van der Waals surface area contributed by atoms with Crippen molar-refractivity contribution in [3.63, 3.8) is 0 Å². The Balaban J connectivity index is 1.82. The number of hydrogen-bond donors (Lipinski definition) is 1. The van der Waals surface area contributed by atoms with Crippen LogP contribution in [0.1, 0.15) is 12.8 Å². The number of imidazole rings is 1. The van der Waals surface area contributed by atoms with Crippen LogP contribution in [0.4, 0.5) is 5.69 Å². The standard InChI is InChI=1S/C18H17Cl2N3O2S/c1-22(7-2-3-17(24)25)16-9-12(4-5-13(16)19)23-10-15(21-11-23)18-14(20)6-8-26-18/h4-6,8-11H,2-3,7H2,1H3,(H,24,25). The third-order valence-corrected chi connectivity index (χ3v) is 5.64. The van der Waals surface area contributed by atoms with Crippen molar-refractivity contribution in [2.45, 2.75) is 12.8 Å². The van der Waals surface area contributed by atoms with Crippen LogP contribution in [0.3, 0.4) is 0 Å². The van der Waals surface area contributed by atoms with Crippen molar-refractivity contribution in [2.75, 3.05) is 18.5 Å². The number of nitrogens with zero attached hydrogens (tertiary/aromatic N) is 3. The lowest BCUT2D eigenvalue weighted by Crippen LogP contribution is -2.19. The van der Waals surface area contributed by atoms with Crippen LogP contribution in [-0.4, -0.2) is 34.2 Å². The summed E-state index contributed by atoms with van der Waals surface area (Å²) in [7, 11) is 1.90. The zero-order valence-electron chi connectivity index (χ0n) is 14.0. The highest BCUT2D eigenvalue weighted by Crippen LogP contribution is 2.33. The Bertz CT molecular complexity index is 923. The van der Waals surface area contributed by atoms with Crippen molar-refractivity contribution in [1.82, 2.24) is 9.55 Å². The molecule has 0 aliphatic rings. The minimum atomic E-state index is -0.795. The van der Waals surface area contributed by atoms with Crippen molar-refractivity contribution < 1.29 is 9.90 Å². The molecular weight excluding hydrogens is 393 g/mol. The Morgan fingerprint density at radius 1 is 1.31 bits per heavy atom. The molecule has 0 amide bonds. The Kier molecular flexibility index (Phi) is 5.86. The second-order valence-electron chi connectivity index (χ2n) is 5.82. The fraction of sp³-hybridized carbons (Fsp3) is 0.222. The highest BCUT2D eigenvalue weighted by Gasteiger charge is 2.12. The first kappa shape index (κ1) is 18.8. The molecule has 0 saturated heterocycles. The van der Waals surface area contributed by atoms with Crippen LogP contribution in [0.2, 0.25) is 10.0 Å². The van der Waals surface area contributed by atoms with Crippen LogP contribution < -0.4 is 4.90 Å². The van der Waals surface area contributed by atoms with E-state index >= 15 is 0 Å². The minimum Gasteiger partial charge on any atom is -0.481 e. The predicted octanol–water partition coefficient (Wildman–Crippen LogP) is 5.21. The van der Waals surface area contributed by atoms with Gasteiger partial charge in [-0.2, -0.15) is 0 Å². The number of hydrogen-bond acceptors (Lipinski definition) is 4. The van der Waals surface area contributed by atoms with Crippen molar-refractivity contribution in [3.8, 4) is 16.3 Å². The third kappa shape index (κ3) is 4.20. The van der Waals surface area contributed by atoms with E-state index in [1.807, 2.05) is 52.4 Å². The van der Waals surface area contributed by atoms with Crippen LogP contribution in [0.15, 0.2) is 42.2 Å². The van der Waals surface area contributed by atoms with Gasteiger partial charge in [0.05, 0.1) is 26.9 Å². The summed E-state index contributed by atoms with van der Waals surface area (Å²) in [5.41, 5.74) is 2.58. The monoisotopic (exact) mass is 409 g/mol. The molecule has 0 radical (unpaired) electrons. The Labute approximate surface area is 165 Å². The van der Waals surface area contributed by atoms with Gasteiger partial charge in [-0.15, -0.1) is 11.3 Å². The number of thiophene rings is 1. The molecule has 0 fully saturated rings. The Morgan fingerprint density at radius 2 is 2.12 bits per heavy atom. The van der Waals surface area contributed by atoms with Crippen LogP contribution in [0.25, 0.3) is 16.3 Å². The van der Waals surface area contributed by atoms with Crippen molar-refractivity contribution in [2.24, 2.45) is 0 Å². The largest absolute Gasteiger partial charge is 0.481 e. The number of benzene rings is 1. The average molecular weight is 410 g/mol. The number of carbonyl (C=O) groups is 1. The van der Waals surface area contributed by atoms with Crippen LogP contribution in [-0.2, 0) is 4.79 Å². The van der Waals surface area contributed by atoms with Crippen LogP contribution in [0.5, 0.6) is 0 Å². The molecule has 1 N–H and O–H groups in total. The molecule has 0 unspecified atom stereocenters. The summed E-state index contributed by atoms with van der Waals surface area (Å²) in [5, 5.41) is 12.0. The number of aromatic nitrogens is 2. The molecule has 2 heterocycles. The predicted molar refractivity (Wildman–Crippen MR) is 107 cm³/mol. The summed E-state index contributed by atoms with van der Waals surface area (Å²) in [4.78, 5) is 18.0. The van der Waals surface area contributed by atoms with Gasteiger partial charge in [-0.1, -0.05) is 23.2 Å². The molecule has 0 bridgehead atoms. The molecule has 1 aromatic carbocycles. The first-order chi connectivity index (χ1) is 12.5. The highest BCUT2D eigenvalue weighted by molar-refractivity contribution is 7.14. The fourth-order valence-electron chi connectivity index (χ4n) is 2.60. The maximum atomic E-state index is 10.7. The Hall–Kier alpha value is -2.02. The molecule has 3 aromatic rings. The van der Waals surface area contributed by atoms with Crippen molar-refractivity contribution >= 4 is 46.2 Å². The number of rotatable bonds is 7. The zero-order chi connectivity index (χ0) is 18.7. The molecule has 5 nitrogen and oxygen atoms in total. The highest BCUT2D eigenvalue weighted by atomic mass is 35.5. The summed E-state index contributed by atoms with van der Waals surface area (Å²) < 4.78 is 1.91. The van der Waals surface area contributed by atoms with E-state index in [0.717, 1.165) is 21.9 Å². The van der Waals surface area contributed by atoms with Gasteiger partial charge in [0, 0.05) is 31.9 Å². The number of carboxylic acids is 1. The molecule has 26 heavy (non-hydrogen) atoms. The molecule has 0 saturated carbocycles. The topological polar surface area (TPSA) is 58.4 Å². The van der Waals surface area contributed by atoms with Crippen molar-refractivity contribution in [1.29, 1.82) is 0 Å². The van der Waals surface area contributed by atoms with Gasteiger partial charge in [0.2, 0.25) is 0 Å². The summed E-state index contributed by atoms with van der Waals surface area (Å²) in [6.07, 6.45) is 4.35. The molecule has 0 atom stereocenters. The number of halogens is 2. The van der Waals surface area contributed by atoms with Gasteiger partial charge in [0.1, 0.15) is 5.69 Å². The normalized spacial score (nSPS) is 10.9. The summed E-state index contributed by atoms with van der Waals surface area (Å²) >= 11 is 14.1. The van der Waals surface area contributed by atoms with Gasteiger partial charge < -0.3 is 14.6 Å². The Morgan fingerprint density at radius 3 is 2.81 bits per heavy atom. The van der Waals surface area contributed by atoms with E-state index in [0.29, 0.717) is 23.0 Å². The molecule has 2 aromatic heterocycles. The number of aliphatic carboxylic acids is 1. The third-order valence-electron chi connectivity index (χ3n) is 3.96. The first-order valence-electron chi connectivity index (χ1n) is 7.96. The maximum absolute atomic E-state index is 10.7.